The number of rotatable bonds is 6. The Bertz CT molecular complexity index is 718. The number of carbonyl (C=O) groups is 2. The molecule has 5 nitrogen and oxygen atoms in total. The molecule has 2 aromatic carbocycles. The SMILES string of the molecule is O=C(NCc1ccccc1)C(O)N1CCCC1C(=O)c1ccccc1. The normalized spacial score (nSPS) is 18.7. The molecular weight excluding hydrogens is 316 g/mol. The Balaban J connectivity index is 1.63. The molecule has 130 valence electrons. The average Bonchev–Trinajstić information content (AvgIpc) is 3.16. The first-order valence-corrected chi connectivity index (χ1v) is 8.51. The van der Waals surface area contributed by atoms with Gasteiger partial charge < -0.3 is 10.4 Å². The van der Waals surface area contributed by atoms with Gasteiger partial charge in [0.25, 0.3) is 5.91 Å². The minimum absolute atomic E-state index is 0.0481. The predicted octanol–water partition coefficient (Wildman–Crippen LogP) is 1.97. The van der Waals surface area contributed by atoms with Gasteiger partial charge in [-0.2, -0.15) is 0 Å². The van der Waals surface area contributed by atoms with E-state index in [1.807, 2.05) is 48.5 Å². The fraction of sp³-hybridized carbons (Fsp3) is 0.300. The minimum Gasteiger partial charge on any atom is -0.370 e. The zero-order valence-corrected chi connectivity index (χ0v) is 14.0. The van der Waals surface area contributed by atoms with Crippen molar-refractivity contribution in [2.24, 2.45) is 0 Å². The topological polar surface area (TPSA) is 69.6 Å². The second kappa shape index (κ2) is 8.05. The van der Waals surface area contributed by atoms with E-state index in [1.165, 1.54) is 0 Å². The molecule has 1 amide bonds. The third kappa shape index (κ3) is 4.13. The number of likely N-dealkylation sites (tertiary alicyclic amines) is 1. The van der Waals surface area contributed by atoms with Crippen LogP contribution in [0.4, 0.5) is 0 Å². The number of Topliss-reactive ketones (excluding diaryl/α,β-unsaturated/α-hetero) is 1. The largest absolute Gasteiger partial charge is 0.370 e. The first-order chi connectivity index (χ1) is 12.2. The van der Waals surface area contributed by atoms with Crippen LogP contribution in [0.2, 0.25) is 0 Å². The van der Waals surface area contributed by atoms with Crippen molar-refractivity contribution in [1.82, 2.24) is 10.2 Å². The van der Waals surface area contributed by atoms with Crippen molar-refractivity contribution in [3.63, 3.8) is 0 Å². The molecule has 0 bridgehead atoms. The molecular formula is C20H22N2O3. The van der Waals surface area contributed by atoms with Crippen LogP contribution in [-0.4, -0.2) is 40.5 Å². The molecule has 2 N–H and O–H groups in total. The van der Waals surface area contributed by atoms with Crippen molar-refractivity contribution in [2.75, 3.05) is 6.54 Å². The summed E-state index contributed by atoms with van der Waals surface area (Å²) in [6, 6.07) is 18.1. The fourth-order valence-corrected chi connectivity index (χ4v) is 3.19. The van der Waals surface area contributed by atoms with Crippen LogP contribution < -0.4 is 5.32 Å². The second-order valence-corrected chi connectivity index (χ2v) is 6.20. The molecule has 1 fully saturated rings. The summed E-state index contributed by atoms with van der Waals surface area (Å²) < 4.78 is 0. The van der Waals surface area contributed by atoms with Crippen molar-refractivity contribution in [1.29, 1.82) is 0 Å². The summed E-state index contributed by atoms with van der Waals surface area (Å²) in [6.07, 6.45) is 0.118. The standard InChI is InChI=1S/C20H22N2O3/c23-18(16-10-5-2-6-11-16)17-12-7-13-22(17)20(25)19(24)21-14-15-8-3-1-4-9-15/h1-6,8-11,17,20,25H,7,12-14H2,(H,21,24). The first-order valence-electron chi connectivity index (χ1n) is 8.51. The Labute approximate surface area is 147 Å². The first kappa shape index (κ1) is 17.3. The third-order valence-electron chi connectivity index (χ3n) is 4.51. The van der Waals surface area contributed by atoms with E-state index in [9.17, 15) is 14.7 Å². The van der Waals surface area contributed by atoms with Crippen molar-refractivity contribution in [2.45, 2.75) is 31.7 Å². The maximum absolute atomic E-state index is 12.7. The van der Waals surface area contributed by atoms with Crippen LogP contribution in [0.15, 0.2) is 60.7 Å². The van der Waals surface area contributed by atoms with E-state index in [2.05, 4.69) is 5.32 Å². The molecule has 1 heterocycles. The van der Waals surface area contributed by atoms with Gasteiger partial charge >= 0.3 is 0 Å². The molecule has 0 aliphatic carbocycles. The number of carbonyl (C=O) groups excluding carboxylic acids is 2. The van der Waals surface area contributed by atoms with Crippen molar-refractivity contribution < 1.29 is 14.7 Å². The number of nitrogens with one attached hydrogen (secondary N) is 1. The molecule has 2 unspecified atom stereocenters. The molecule has 0 saturated carbocycles. The Kier molecular flexibility index (Phi) is 5.58. The summed E-state index contributed by atoms with van der Waals surface area (Å²) >= 11 is 0. The lowest BCUT2D eigenvalue weighted by Gasteiger charge is -2.27. The third-order valence-corrected chi connectivity index (χ3v) is 4.51. The summed E-state index contributed by atoms with van der Waals surface area (Å²) in [5.74, 6) is -0.523. The van der Waals surface area contributed by atoms with E-state index < -0.39 is 18.2 Å². The monoisotopic (exact) mass is 338 g/mol. The predicted molar refractivity (Wildman–Crippen MR) is 94.8 cm³/mol. The van der Waals surface area contributed by atoms with Gasteiger partial charge in [0, 0.05) is 18.7 Å². The van der Waals surface area contributed by atoms with Gasteiger partial charge in [0.2, 0.25) is 0 Å². The minimum atomic E-state index is -1.32. The molecule has 3 rings (SSSR count). The smallest absolute Gasteiger partial charge is 0.264 e. The zero-order valence-electron chi connectivity index (χ0n) is 14.0. The van der Waals surface area contributed by atoms with Crippen LogP contribution in [0.3, 0.4) is 0 Å². The number of amides is 1. The fourth-order valence-electron chi connectivity index (χ4n) is 3.19. The number of benzene rings is 2. The van der Waals surface area contributed by atoms with Crippen LogP contribution in [0.5, 0.6) is 0 Å². The number of nitrogens with zero attached hydrogens (tertiary/aromatic N) is 1. The quantitative estimate of drug-likeness (QED) is 0.790. The molecule has 25 heavy (non-hydrogen) atoms. The van der Waals surface area contributed by atoms with Crippen LogP contribution in [-0.2, 0) is 11.3 Å². The van der Waals surface area contributed by atoms with Crippen LogP contribution >= 0.6 is 0 Å². The number of hydrogen-bond acceptors (Lipinski definition) is 4. The van der Waals surface area contributed by atoms with Gasteiger partial charge in [-0.25, -0.2) is 0 Å². The number of aliphatic hydroxyl groups excluding tert-OH is 1. The molecule has 1 saturated heterocycles. The highest BCUT2D eigenvalue weighted by Crippen LogP contribution is 2.23. The van der Waals surface area contributed by atoms with E-state index in [0.29, 0.717) is 25.1 Å². The van der Waals surface area contributed by atoms with Gasteiger partial charge in [0.1, 0.15) is 0 Å². The number of hydrogen-bond donors (Lipinski definition) is 2. The van der Waals surface area contributed by atoms with Gasteiger partial charge in [-0.15, -0.1) is 0 Å². The summed E-state index contributed by atoms with van der Waals surface area (Å²) in [5.41, 5.74) is 1.57. The van der Waals surface area contributed by atoms with Gasteiger partial charge in [0.05, 0.1) is 6.04 Å². The van der Waals surface area contributed by atoms with Crippen LogP contribution in [0.1, 0.15) is 28.8 Å². The highest BCUT2D eigenvalue weighted by molar-refractivity contribution is 6.00. The van der Waals surface area contributed by atoms with E-state index in [-0.39, 0.29) is 5.78 Å². The molecule has 0 radical (unpaired) electrons. The molecule has 1 aliphatic rings. The lowest BCUT2D eigenvalue weighted by molar-refractivity contribution is -0.139. The van der Waals surface area contributed by atoms with Crippen LogP contribution in [0, 0.1) is 0 Å². The van der Waals surface area contributed by atoms with Crippen molar-refractivity contribution in [3.05, 3.63) is 71.8 Å². The number of aliphatic hydroxyl groups is 1. The highest BCUT2D eigenvalue weighted by atomic mass is 16.3. The molecule has 0 spiro atoms. The summed E-state index contributed by atoms with van der Waals surface area (Å²) in [4.78, 5) is 26.6. The summed E-state index contributed by atoms with van der Waals surface area (Å²) in [5, 5.41) is 13.2. The molecule has 5 heteroatoms. The van der Waals surface area contributed by atoms with E-state index >= 15 is 0 Å². The Morgan fingerprint density at radius 3 is 2.40 bits per heavy atom. The maximum atomic E-state index is 12.7. The van der Waals surface area contributed by atoms with E-state index in [1.54, 1.807) is 17.0 Å². The van der Waals surface area contributed by atoms with Gasteiger partial charge in [-0.05, 0) is 18.4 Å². The second-order valence-electron chi connectivity index (χ2n) is 6.20. The van der Waals surface area contributed by atoms with Gasteiger partial charge in [-0.1, -0.05) is 60.7 Å². The molecule has 0 aromatic heterocycles. The highest BCUT2D eigenvalue weighted by Gasteiger charge is 2.37. The Morgan fingerprint density at radius 2 is 1.72 bits per heavy atom. The summed E-state index contributed by atoms with van der Waals surface area (Å²) in [7, 11) is 0. The maximum Gasteiger partial charge on any atom is 0.264 e. The van der Waals surface area contributed by atoms with Crippen molar-refractivity contribution >= 4 is 11.7 Å². The summed E-state index contributed by atoms with van der Waals surface area (Å²) in [6.45, 7) is 0.880. The molecule has 1 aliphatic heterocycles. The average molecular weight is 338 g/mol. The van der Waals surface area contributed by atoms with Crippen LogP contribution in [0.25, 0.3) is 0 Å². The molecule has 2 atom stereocenters. The van der Waals surface area contributed by atoms with E-state index in [4.69, 9.17) is 0 Å². The van der Waals surface area contributed by atoms with Crippen molar-refractivity contribution in [3.8, 4) is 0 Å². The zero-order chi connectivity index (χ0) is 17.6. The Hall–Kier alpha value is -2.50. The lowest BCUT2D eigenvalue weighted by Crippen LogP contribution is -2.50. The van der Waals surface area contributed by atoms with Gasteiger partial charge in [-0.3, -0.25) is 14.5 Å². The lowest BCUT2D eigenvalue weighted by atomic mass is 10.0. The number of ketones is 1. The Morgan fingerprint density at radius 1 is 1.08 bits per heavy atom. The molecule has 2 aromatic rings. The van der Waals surface area contributed by atoms with E-state index in [0.717, 1.165) is 12.0 Å². The van der Waals surface area contributed by atoms with Gasteiger partial charge in [0.15, 0.2) is 12.0 Å².